The number of hydrogen-bond donors (Lipinski definition) is 1. The third-order valence-electron chi connectivity index (χ3n) is 2.46. The minimum absolute atomic E-state index is 1.03. The van der Waals surface area contributed by atoms with Crippen LogP contribution in [-0.2, 0) is 0 Å². The van der Waals surface area contributed by atoms with E-state index < -0.39 is 0 Å². The van der Waals surface area contributed by atoms with E-state index in [1.807, 2.05) is 0 Å². The molecule has 0 spiro atoms. The van der Waals surface area contributed by atoms with Crippen molar-refractivity contribution in [1.82, 2.24) is 15.1 Å². The molecule has 0 aromatic rings. The zero-order valence-electron chi connectivity index (χ0n) is 8.84. The van der Waals surface area contributed by atoms with Gasteiger partial charge in [-0.2, -0.15) is 0 Å². The first kappa shape index (κ1) is 10.4. The zero-order valence-corrected chi connectivity index (χ0v) is 8.84. The molecule has 0 bridgehead atoms. The van der Waals surface area contributed by atoms with Crippen molar-refractivity contribution in [2.45, 2.75) is 6.32 Å². The van der Waals surface area contributed by atoms with Crippen molar-refractivity contribution in [1.29, 1.82) is 0 Å². The number of rotatable bonds is 4. The largest absolute Gasteiger partial charge is 0.373 e. The van der Waals surface area contributed by atoms with Crippen molar-refractivity contribution in [3.63, 3.8) is 0 Å². The predicted molar refractivity (Wildman–Crippen MR) is 59.6 cm³/mol. The van der Waals surface area contributed by atoms with Gasteiger partial charge in [-0.15, -0.1) is 0 Å². The van der Waals surface area contributed by atoms with Crippen LogP contribution in [-0.4, -0.2) is 57.4 Å². The molecule has 0 aromatic carbocycles. The van der Waals surface area contributed by atoms with E-state index in [1.165, 1.54) is 0 Å². The van der Waals surface area contributed by atoms with Crippen LogP contribution >= 0.6 is 0 Å². The Morgan fingerprint density at radius 2 is 2.00 bits per heavy atom. The van der Waals surface area contributed by atoms with Gasteiger partial charge < -0.3 is 15.1 Å². The van der Waals surface area contributed by atoms with Crippen LogP contribution in [0.15, 0.2) is 12.4 Å². The number of piperazine rings is 1. The first-order chi connectivity index (χ1) is 6.24. The Hall–Kier alpha value is -0.635. The molecule has 1 aliphatic rings. The molecule has 1 aliphatic heterocycles. The Labute approximate surface area is 82.2 Å². The molecule has 0 radical (unpaired) electrons. The fraction of sp³-hybridized carbons (Fsp3) is 0.778. The molecule has 4 heteroatoms. The zero-order chi connectivity index (χ0) is 9.68. The van der Waals surface area contributed by atoms with E-state index in [9.17, 15) is 0 Å². The van der Waals surface area contributed by atoms with Crippen LogP contribution in [0.5, 0.6) is 0 Å². The molecule has 0 aromatic heterocycles. The van der Waals surface area contributed by atoms with E-state index in [0.29, 0.717) is 0 Å². The summed E-state index contributed by atoms with van der Waals surface area (Å²) in [7, 11) is 4.34. The smallest absolute Gasteiger partial charge is 0.103 e. The molecular formula is C9H20BN3. The molecule has 1 fully saturated rings. The van der Waals surface area contributed by atoms with Gasteiger partial charge in [-0.3, -0.25) is 0 Å². The Morgan fingerprint density at radius 1 is 1.38 bits per heavy atom. The Kier molecular flexibility index (Phi) is 4.16. The highest BCUT2D eigenvalue weighted by Crippen LogP contribution is 2.03. The lowest BCUT2D eigenvalue weighted by Crippen LogP contribution is -2.46. The minimum atomic E-state index is 1.03. The molecule has 0 aliphatic carbocycles. The van der Waals surface area contributed by atoms with Crippen LogP contribution in [0, 0.1) is 0 Å². The highest BCUT2D eigenvalue weighted by molar-refractivity contribution is 6.08. The molecule has 1 heterocycles. The number of nitrogens with zero attached hydrogens (tertiary/aromatic N) is 2. The second-order valence-corrected chi connectivity index (χ2v) is 3.66. The fourth-order valence-corrected chi connectivity index (χ4v) is 1.46. The average molecular weight is 181 g/mol. The van der Waals surface area contributed by atoms with Crippen molar-refractivity contribution in [3.8, 4) is 0 Å². The third kappa shape index (κ3) is 3.31. The summed E-state index contributed by atoms with van der Waals surface area (Å²) in [6.07, 6.45) is 1.16. The molecule has 0 amide bonds. The van der Waals surface area contributed by atoms with Crippen molar-refractivity contribution in [2.24, 2.45) is 0 Å². The second kappa shape index (κ2) is 5.17. The van der Waals surface area contributed by atoms with Crippen LogP contribution in [0.1, 0.15) is 0 Å². The minimum Gasteiger partial charge on any atom is -0.373 e. The van der Waals surface area contributed by atoms with Crippen LogP contribution in [0.25, 0.3) is 0 Å². The molecule has 0 unspecified atom stereocenters. The quantitative estimate of drug-likeness (QED) is 0.581. The van der Waals surface area contributed by atoms with E-state index in [2.05, 4.69) is 36.6 Å². The van der Waals surface area contributed by atoms with Gasteiger partial charge >= 0.3 is 0 Å². The van der Waals surface area contributed by atoms with E-state index >= 15 is 0 Å². The summed E-state index contributed by atoms with van der Waals surface area (Å²) in [6, 6.07) is 0. The van der Waals surface area contributed by atoms with Gasteiger partial charge in [-0.05, 0) is 7.05 Å². The van der Waals surface area contributed by atoms with Gasteiger partial charge in [-0.25, -0.2) is 0 Å². The summed E-state index contributed by atoms with van der Waals surface area (Å²) in [5.74, 6) is 1.09. The van der Waals surface area contributed by atoms with Crippen LogP contribution < -0.4 is 5.32 Å². The molecule has 74 valence electrons. The number of likely N-dealkylation sites (N-methyl/N-ethyl adjacent to an activating group) is 1. The standard InChI is InChI=1S/C9H20BN3/c1-9(11-4-3-10)13-7-5-12(2)6-8-13/h11H,1,3-8,10H2,2H3. The highest BCUT2D eigenvalue weighted by Gasteiger charge is 2.13. The normalized spacial score (nSPS) is 18.7. The monoisotopic (exact) mass is 181 g/mol. The third-order valence-corrected chi connectivity index (χ3v) is 2.46. The van der Waals surface area contributed by atoms with Crippen LogP contribution in [0.3, 0.4) is 0 Å². The lowest BCUT2D eigenvalue weighted by molar-refractivity contribution is 0.179. The average Bonchev–Trinajstić information content (AvgIpc) is 2.15. The van der Waals surface area contributed by atoms with E-state index in [1.54, 1.807) is 0 Å². The lowest BCUT2D eigenvalue weighted by Gasteiger charge is -2.35. The van der Waals surface area contributed by atoms with Crippen molar-refractivity contribution in [3.05, 3.63) is 12.4 Å². The van der Waals surface area contributed by atoms with E-state index in [4.69, 9.17) is 0 Å². The lowest BCUT2D eigenvalue weighted by atomic mass is 10.1. The van der Waals surface area contributed by atoms with Gasteiger partial charge in [0.15, 0.2) is 0 Å². The van der Waals surface area contributed by atoms with Crippen molar-refractivity contribution >= 4 is 7.85 Å². The first-order valence-corrected chi connectivity index (χ1v) is 5.10. The van der Waals surface area contributed by atoms with Gasteiger partial charge in [0.1, 0.15) is 7.85 Å². The van der Waals surface area contributed by atoms with Gasteiger partial charge in [0.05, 0.1) is 5.82 Å². The maximum atomic E-state index is 4.04. The van der Waals surface area contributed by atoms with Gasteiger partial charge in [0.2, 0.25) is 0 Å². The number of nitrogens with one attached hydrogen (secondary N) is 1. The van der Waals surface area contributed by atoms with Crippen LogP contribution in [0.2, 0.25) is 6.32 Å². The summed E-state index contributed by atoms with van der Waals surface area (Å²) >= 11 is 0. The SMILES string of the molecule is BCCNC(=C)N1CCN(C)CC1. The Bertz CT molecular complexity index is 164. The maximum absolute atomic E-state index is 4.04. The number of hydrogen-bond acceptors (Lipinski definition) is 3. The van der Waals surface area contributed by atoms with E-state index in [-0.39, 0.29) is 0 Å². The molecule has 1 rings (SSSR count). The summed E-state index contributed by atoms with van der Waals surface area (Å²) in [5, 5.41) is 3.33. The van der Waals surface area contributed by atoms with Gasteiger partial charge in [0, 0.05) is 32.7 Å². The highest BCUT2D eigenvalue weighted by atomic mass is 15.3. The Morgan fingerprint density at radius 3 is 2.54 bits per heavy atom. The molecule has 1 saturated heterocycles. The summed E-state index contributed by atoms with van der Waals surface area (Å²) in [4.78, 5) is 4.68. The van der Waals surface area contributed by atoms with Crippen molar-refractivity contribution < 1.29 is 0 Å². The van der Waals surface area contributed by atoms with Gasteiger partial charge in [-0.1, -0.05) is 12.9 Å². The first-order valence-electron chi connectivity index (χ1n) is 5.10. The molecular weight excluding hydrogens is 161 g/mol. The maximum Gasteiger partial charge on any atom is 0.103 e. The molecule has 0 atom stereocenters. The van der Waals surface area contributed by atoms with Crippen molar-refractivity contribution in [2.75, 3.05) is 39.8 Å². The molecule has 13 heavy (non-hydrogen) atoms. The second-order valence-electron chi connectivity index (χ2n) is 3.66. The predicted octanol–water partition coefficient (Wildman–Crippen LogP) is -0.654. The summed E-state index contributed by atoms with van der Waals surface area (Å²) in [5.41, 5.74) is 0. The summed E-state index contributed by atoms with van der Waals surface area (Å²) in [6.45, 7) is 9.57. The van der Waals surface area contributed by atoms with E-state index in [0.717, 1.165) is 44.9 Å². The summed E-state index contributed by atoms with van der Waals surface area (Å²) < 4.78 is 0. The fourth-order valence-electron chi connectivity index (χ4n) is 1.46. The van der Waals surface area contributed by atoms with Crippen LogP contribution in [0.4, 0.5) is 0 Å². The molecule has 3 nitrogen and oxygen atoms in total. The van der Waals surface area contributed by atoms with Gasteiger partial charge in [0.25, 0.3) is 0 Å². The molecule has 1 N–H and O–H groups in total. The Balaban J connectivity index is 2.23. The molecule has 0 saturated carbocycles. The topological polar surface area (TPSA) is 18.5 Å².